The van der Waals surface area contributed by atoms with Gasteiger partial charge in [0.25, 0.3) is 0 Å². The molecule has 5 heteroatoms. The highest BCUT2D eigenvalue weighted by molar-refractivity contribution is 5.73. The number of aliphatic carboxylic acids is 2. The highest BCUT2D eigenvalue weighted by atomic mass is 16.4. The molecule has 0 saturated heterocycles. The zero-order valence-electron chi connectivity index (χ0n) is 17.8. The molecule has 0 aliphatic heterocycles. The van der Waals surface area contributed by atoms with Crippen LogP contribution >= 0.6 is 0 Å². The normalized spacial score (nSPS) is 12.1. The van der Waals surface area contributed by atoms with Crippen molar-refractivity contribution in [1.82, 2.24) is 0 Å². The molecule has 0 aliphatic rings. The molecule has 1 aromatic rings. The minimum atomic E-state index is -0.776. The van der Waals surface area contributed by atoms with Crippen LogP contribution in [0, 0.1) is 10.8 Å². The SMILES string of the molecule is CC(C)(CCCCCc1cccc(O)c1CCCCC(C)(C)C(=O)O)C(=O)O. The molecule has 0 radical (unpaired) electrons. The van der Waals surface area contributed by atoms with E-state index < -0.39 is 22.8 Å². The number of carboxylic acids is 2. The summed E-state index contributed by atoms with van der Waals surface area (Å²) in [6, 6.07) is 5.60. The Kier molecular flexibility index (Phi) is 8.99. The number of carboxylic acid groups (broad SMARTS) is 2. The summed E-state index contributed by atoms with van der Waals surface area (Å²) in [5.41, 5.74) is 0.696. The zero-order valence-corrected chi connectivity index (χ0v) is 17.8. The Bertz CT molecular complexity index is 661. The Hall–Kier alpha value is -2.04. The molecule has 158 valence electrons. The highest BCUT2D eigenvalue weighted by Crippen LogP contribution is 2.28. The van der Waals surface area contributed by atoms with Gasteiger partial charge in [-0.2, -0.15) is 0 Å². The van der Waals surface area contributed by atoms with Crippen LogP contribution in [0.5, 0.6) is 5.75 Å². The number of rotatable bonds is 13. The van der Waals surface area contributed by atoms with Gasteiger partial charge in [0, 0.05) is 0 Å². The molecule has 0 unspecified atom stereocenters. The van der Waals surface area contributed by atoms with E-state index in [2.05, 4.69) is 0 Å². The van der Waals surface area contributed by atoms with Gasteiger partial charge in [0.05, 0.1) is 10.8 Å². The van der Waals surface area contributed by atoms with Crippen molar-refractivity contribution in [3.63, 3.8) is 0 Å². The molecule has 0 spiro atoms. The maximum atomic E-state index is 11.2. The number of benzene rings is 1. The fourth-order valence-corrected chi connectivity index (χ4v) is 3.29. The van der Waals surface area contributed by atoms with Gasteiger partial charge in [0.1, 0.15) is 5.75 Å². The van der Waals surface area contributed by atoms with Crippen LogP contribution in [-0.2, 0) is 22.4 Å². The van der Waals surface area contributed by atoms with E-state index >= 15 is 0 Å². The van der Waals surface area contributed by atoms with Crippen molar-refractivity contribution in [2.75, 3.05) is 0 Å². The van der Waals surface area contributed by atoms with Gasteiger partial charge < -0.3 is 15.3 Å². The molecule has 0 saturated carbocycles. The fourth-order valence-electron chi connectivity index (χ4n) is 3.29. The second kappa shape index (κ2) is 10.5. The summed E-state index contributed by atoms with van der Waals surface area (Å²) in [5.74, 6) is -1.22. The van der Waals surface area contributed by atoms with Crippen LogP contribution in [0.4, 0.5) is 0 Å². The van der Waals surface area contributed by atoms with Gasteiger partial charge in [-0.25, -0.2) is 0 Å². The molecular weight excluding hydrogens is 356 g/mol. The minimum Gasteiger partial charge on any atom is -0.508 e. The number of hydrogen-bond acceptors (Lipinski definition) is 3. The van der Waals surface area contributed by atoms with Crippen LogP contribution in [0.1, 0.15) is 83.8 Å². The van der Waals surface area contributed by atoms with Crippen molar-refractivity contribution >= 4 is 11.9 Å². The lowest BCUT2D eigenvalue weighted by Gasteiger charge is -2.19. The Morgan fingerprint density at radius 3 is 1.82 bits per heavy atom. The summed E-state index contributed by atoms with van der Waals surface area (Å²) in [7, 11) is 0. The summed E-state index contributed by atoms with van der Waals surface area (Å²) < 4.78 is 0. The number of unbranched alkanes of at least 4 members (excludes halogenated alkanes) is 3. The van der Waals surface area contributed by atoms with E-state index in [0.717, 1.165) is 56.1 Å². The van der Waals surface area contributed by atoms with Gasteiger partial charge in [-0.1, -0.05) is 31.4 Å². The molecular formula is C23H36O5. The number of carbonyl (C=O) groups is 2. The monoisotopic (exact) mass is 392 g/mol. The summed E-state index contributed by atoms with van der Waals surface area (Å²) >= 11 is 0. The smallest absolute Gasteiger partial charge is 0.309 e. The van der Waals surface area contributed by atoms with Gasteiger partial charge in [-0.15, -0.1) is 0 Å². The van der Waals surface area contributed by atoms with Crippen LogP contribution in [0.15, 0.2) is 18.2 Å². The number of phenolic OH excluding ortho intramolecular Hbond substituents is 1. The first-order valence-corrected chi connectivity index (χ1v) is 10.2. The third-order valence-electron chi connectivity index (χ3n) is 5.63. The molecule has 0 fully saturated rings. The van der Waals surface area contributed by atoms with Gasteiger partial charge in [-0.05, 0) is 83.4 Å². The van der Waals surface area contributed by atoms with Crippen LogP contribution in [0.2, 0.25) is 0 Å². The Morgan fingerprint density at radius 1 is 0.786 bits per heavy atom. The Balaban J connectivity index is 2.50. The molecule has 1 aromatic carbocycles. The van der Waals surface area contributed by atoms with Crippen molar-refractivity contribution < 1.29 is 24.9 Å². The third-order valence-corrected chi connectivity index (χ3v) is 5.63. The molecule has 0 bridgehead atoms. The quantitative estimate of drug-likeness (QED) is 0.389. The topological polar surface area (TPSA) is 94.8 Å². The lowest BCUT2D eigenvalue weighted by atomic mass is 9.86. The maximum Gasteiger partial charge on any atom is 0.309 e. The fraction of sp³-hybridized carbons (Fsp3) is 0.652. The number of aromatic hydroxyl groups is 1. The van der Waals surface area contributed by atoms with Gasteiger partial charge >= 0.3 is 11.9 Å². The highest BCUT2D eigenvalue weighted by Gasteiger charge is 2.26. The average molecular weight is 393 g/mol. The van der Waals surface area contributed by atoms with E-state index in [1.165, 1.54) is 0 Å². The molecule has 28 heavy (non-hydrogen) atoms. The predicted octanol–water partition coefficient (Wildman–Crippen LogP) is 5.43. The minimum absolute atomic E-state index is 0.307. The van der Waals surface area contributed by atoms with E-state index in [-0.39, 0.29) is 0 Å². The number of aryl methyl sites for hydroxylation is 1. The third kappa shape index (κ3) is 7.53. The average Bonchev–Trinajstić information content (AvgIpc) is 2.59. The summed E-state index contributed by atoms with van der Waals surface area (Å²) in [6.07, 6.45) is 7.31. The van der Waals surface area contributed by atoms with Crippen molar-refractivity contribution in [2.45, 2.75) is 85.5 Å². The zero-order chi connectivity index (χ0) is 21.4. The molecule has 0 aromatic heterocycles. The largest absolute Gasteiger partial charge is 0.508 e. The van der Waals surface area contributed by atoms with E-state index in [0.29, 0.717) is 18.6 Å². The van der Waals surface area contributed by atoms with Crippen LogP contribution < -0.4 is 0 Å². The van der Waals surface area contributed by atoms with E-state index in [9.17, 15) is 19.8 Å². The lowest BCUT2D eigenvalue weighted by Crippen LogP contribution is -2.23. The van der Waals surface area contributed by atoms with Crippen LogP contribution in [-0.4, -0.2) is 27.3 Å². The molecule has 5 nitrogen and oxygen atoms in total. The van der Waals surface area contributed by atoms with Crippen LogP contribution in [0.3, 0.4) is 0 Å². The summed E-state index contributed by atoms with van der Waals surface area (Å²) in [4.78, 5) is 22.3. The standard InChI is InChI=1S/C23H36O5/c1-22(2,20(25)26)15-8-5-6-11-17-12-10-14-19(24)18(17)13-7-9-16-23(3,4)21(27)28/h10,12,14,24H,5-9,11,13,15-16H2,1-4H3,(H,25,26)(H,27,28). The van der Waals surface area contributed by atoms with Crippen molar-refractivity contribution in [3.8, 4) is 5.75 Å². The predicted molar refractivity (Wildman–Crippen MR) is 111 cm³/mol. The second-order valence-corrected chi connectivity index (χ2v) is 9.06. The molecule has 0 aliphatic carbocycles. The van der Waals surface area contributed by atoms with E-state index in [1.807, 2.05) is 12.1 Å². The van der Waals surface area contributed by atoms with Gasteiger partial charge in [-0.3, -0.25) is 9.59 Å². The first kappa shape index (κ1) is 24.0. The lowest BCUT2D eigenvalue weighted by molar-refractivity contribution is -0.148. The van der Waals surface area contributed by atoms with Crippen LogP contribution in [0.25, 0.3) is 0 Å². The second-order valence-electron chi connectivity index (χ2n) is 9.06. The Labute approximate surface area is 168 Å². The van der Waals surface area contributed by atoms with Gasteiger partial charge in [0.15, 0.2) is 0 Å². The van der Waals surface area contributed by atoms with Gasteiger partial charge in [0.2, 0.25) is 0 Å². The molecule has 3 N–H and O–H groups in total. The molecule has 0 amide bonds. The Morgan fingerprint density at radius 2 is 1.29 bits per heavy atom. The maximum absolute atomic E-state index is 11.2. The molecule has 0 atom stereocenters. The number of hydrogen-bond donors (Lipinski definition) is 3. The molecule has 1 rings (SSSR count). The summed E-state index contributed by atoms with van der Waals surface area (Å²) in [5, 5.41) is 28.6. The van der Waals surface area contributed by atoms with E-state index in [4.69, 9.17) is 5.11 Å². The summed E-state index contributed by atoms with van der Waals surface area (Å²) in [6.45, 7) is 7.00. The van der Waals surface area contributed by atoms with Crippen molar-refractivity contribution in [3.05, 3.63) is 29.3 Å². The first-order valence-electron chi connectivity index (χ1n) is 10.2. The van der Waals surface area contributed by atoms with Crippen molar-refractivity contribution in [2.24, 2.45) is 10.8 Å². The van der Waals surface area contributed by atoms with Crippen molar-refractivity contribution in [1.29, 1.82) is 0 Å². The van der Waals surface area contributed by atoms with E-state index in [1.54, 1.807) is 33.8 Å². The first-order chi connectivity index (χ1) is 13.0. The molecule has 0 heterocycles. The number of phenols is 1.